The molecule has 1 aromatic rings. The number of benzene rings is 1. The summed E-state index contributed by atoms with van der Waals surface area (Å²) in [6, 6.07) is 10.0. The number of anilines is 1. The molecule has 0 saturated heterocycles. The molecule has 3 nitrogen and oxygen atoms in total. The van der Waals surface area contributed by atoms with Gasteiger partial charge in [-0.25, -0.2) is 4.79 Å². The molecular weight excluding hydrogens is 214 g/mol. The lowest BCUT2D eigenvalue weighted by Gasteiger charge is -2.27. The third kappa shape index (κ3) is 3.22. The van der Waals surface area contributed by atoms with Gasteiger partial charge in [0.2, 0.25) is 0 Å². The SMILES string of the molecule is CC(C)(C)OC(=O)N(c1ccccc1)C1CC1. The van der Waals surface area contributed by atoms with Gasteiger partial charge in [-0.15, -0.1) is 0 Å². The van der Waals surface area contributed by atoms with Crippen LogP contribution in [0.3, 0.4) is 0 Å². The number of carbonyl (C=O) groups is 1. The number of hydrogen-bond donors (Lipinski definition) is 0. The standard InChI is InChI=1S/C14H19NO2/c1-14(2,3)17-13(16)15(12-9-10-12)11-7-5-4-6-8-11/h4-8,12H,9-10H2,1-3H3. The van der Waals surface area contributed by atoms with Gasteiger partial charge in [0.15, 0.2) is 0 Å². The zero-order valence-corrected chi connectivity index (χ0v) is 10.6. The fourth-order valence-electron chi connectivity index (χ4n) is 1.70. The predicted octanol–water partition coefficient (Wildman–Crippen LogP) is 3.59. The highest BCUT2D eigenvalue weighted by molar-refractivity contribution is 5.89. The Labute approximate surface area is 102 Å². The zero-order valence-electron chi connectivity index (χ0n) is 10.6. The van der Waals surface area contributed by atoms with Gasteiger partial charge in [0.05, 0.1) is 0 Å². The number of para-hydroxylation sites is 1. The first-order chi connectivity index (χ1) is 7.97. The molecule has 0 atom stereocenters. The molecule has 1 amide bonds. The predicted molar refractivity (Wildman–Crippen MR) is 68.2 cm³/mol. The molecule has 92 valence electrons. The van der Waals surface area contributed by atoms with E-state index in [0.717, 1.165) is 18.5 Å². The van der Waals surface area contributed by atoms with Gasteiger partial charge in [-0.05, 0) is 45.7 Å². The van der Waals surface area contributed by atoms with E-state index >= 15 is 0 Å². The Bertz CT molecular complexity index is 390. The summed E-state index contributed by atoms with van der Waals surface area (Å²) in [6.45, 7) is 5.67. The molecule has 1 fully saturated rings. The number of rotatable bonds is 2. The lowest BCUT2D eigenvalue weighted by molar-refractivity contribution is 0.0578. The maximum Gasteiger partial charge on any atom is 0.415 e. The van der Waals surface area contributed by atoms with Crippen molar-refractivity contribution in [1.82, 2.24) is 0 Å². The molecule has 1 aliphatic rings. The Balaban J connectivity index is 2.16. The van der Waals surface area contributed by atoms with Crippen LogP contribution in [0.4, 0.5) is 10.5 Å². The van der Waals surface area contributed by atoms with Crippen LogP contribution >= 0.6 is 0 Å². The maximum atomic E-state index is 12.1. The Morgan fingerprint density at radius 2 is 1.82 bits per heavy atom. The molecule has 0 spiro atoms. The first kappa shape index (κ1) is 12.0. The summed E-state index contributed by atoms with van der Waals surface area (Å²) in [7, 11) is 0. The molecule has 0 aliphatic heterocycles. The van der Waals surface area contributed by atoms with Crippen molar-refractivity contribution < 1.29 is 9.53 Å². The molecule has 0 aromatic heterocycles. The molecule has 0 radical (unpaired) electrons. The van der Waals surface area contributed by atoms with E-state index in [-0.39, 0.29) is 6.09 Å². The molecule has 2 rings (SSSR count). The van der Waals surface area contributed by atoms with E-state index in [1.807, 2.05) is 51.1 Å². The Hall–Kier alpha value is -1.51. The number of carbonyl (C=O) groups excluding carboxylic acids is 1. The molecule has 0 unspecified atom stereocenters. The molecule has 17 heavy (non-hydrogen) atoms. The van der Waals surface area contributed by atoms with Crippen LogP contribution in [-0.4, -0.2) is 17.7 Å². The summed E-state index contributed by atoms with van der Waals surface area (Å²) in [5.74, 6) is 0. The normalized spacial score (nSPS) is 15.5. The second-order valence-corrected chi connectivity index (χ2v) is 5.42. The van der Waals surface area contributed by atoms with Gasteiger partial charge in [0.25, 0.3) is 0 Å². The number of ether oxygens (including phenoxy) is 1. The molecule has 1 saturated carbocycles. The van der Waals surface area contributed by atoms with Gasteiger partial charge < -0.3 is 4.74 Å². The summed E-state index contributed by atoms with van der Waals surface area (Å²) in [5, 5.41) is 0. The van der Waals surface area contributed by atoms with Gasteiger partial charge in [0.1, 0.15) is 5.60 Å². The van der Waals surface area contributed by atoms with Crippen molar-refractivity contribution in [2.75, 3.05) is 4.90 Å². The number of amides is 1. The van der Waals surface area contributed by atoms with Crippen LogP contribution < -0.4 is 4.90 Å². The van der Waals surface area contributed by atoms with Crippen LogP contribution in [0.1, 0.15) is 33.6 Å². The quantitative estimate of drug-likeness (QED) is 0.781. The Morgan fingerprint density at radius 3 is 2.29 bits per heavy atom. The van der Waals surface area contributed by atoms with Crippen molar-refractivity contribution in [3.8, 4) is 0 Å². The van der Waals surface area contributed by atoms with Crippen molar-refractivity contribution >= 4 is 11.8 Å². The van der Waals surface area contributed by atoms with Crippen molar-refractivity contribution in [2.45, 2.75) is 45.3 Å². The largest absolute Gasteiger partial charge is 0.443 e. The highest BCUT2D eigenvalue weighted by Crippen LogP contribution is 2.32. The molecule has 0 N–H and O–H groups in total. The van der Waals surface area contributed by atoms with E-state index in [1.165, 1.54) is 0 Å². The lowest BCUT2D eigenvalue weighted by atomic mass is 10.2. The van der Waals surface area contributed by atoms with E-state index in [2.05, 4.69) is 0 Å². The second-order valence-electron chi connectivity index (χ2n) is 5.42. The van der Waals surface area contributed by atoms with Crippen LogP contribution in [0.5, 0.6) is 0 Å². The van der Waals surface area contributed by atoms with Gasteiger partial charge in [0, 0.05) is 11.7 Å². The van der Waals surface area contributed by atoms with Crippen molar-refractivity contribution in [1.29, 1.82) is 0 Å². The summed E-state index contributed by atoms with van der Waals surface area (Å²) in [5.41, 5.74) is 0.475. The van der Waals surface area contributed by atoms with Crippen molar-refractivity contribution in [2.24, 2.45) is 0 Å². The van der Waals surface area contributed by atoms with E-state index in [0.29, 0.717) is 6.04 Å². The van der Waals surface area contributed by atoms with Crippen molar-refractivity contribution in [3.63, 3.8) is 0 Å². The highest BCUT2D eigenvalue weighted by Gasteiger charge is 2.36. The fraction of sp³-hybridized carbons (Fsp3) is 0.500. The molecule has 1 aliphatic carbocycles. The van der Waals surface area contributed by atoms with E-state index in [4.69, 9.17) is 4.74 Å². The van der Waals surface area contributed by atoms with E-state index in [9.17, 15) is 4.79 Å². The van der Waals surface area contributed by atoms with Gasteiger partial charge >= 0.3 is 6.09 Å². The topological polar surface area (TPSA) is 29.5 Å². The lowest BCUT2D eigenvalue weighted by Crippen LogP contribution is -2.38. The van der Waals surface area contributed by atoms with E-state index in [1.54, 1.807) is 4.90 Å². The van der Waals surface area contributed by atoms with Crippen molar-refractivity contribution in [3.05, 3.63) is 30.3 Å². The van der Waals surface area contributed by atoms with Gasteiger partial charge in [-0.1, -0.05) is 18.2 Å². The van der Waals surface area contributed by atoms with Gasteiger partial charge in [-0.2, -0.15) is 0 Å². The monoisotopic (exact) mass is 233 g/mol. The minimum Gasteiger partial charge on any atom is -0.443 e. The first-order valence-corrected chi connectivity index (χ1v) is 6.04. The minimum absolute atomic E-state index is 0.244. The summed E-state index contributed by atoms with van der Waals surface area (Å²) in [6.07, 6.45) is 1.88. The van der Waals surface area contributed by atoms with Crippen LogP contribution in [0.15, 0.2) is 30.3 Å². The Kier molecular flexibility index (Phi) is 3.09. The summed E-state index contributed by atoms with van der Waals surface area (Å²) < 4.78 is 5.44. The number of hydrogen-bond acceptors (Lipinski definition) is 2. The molecular formula is C14H19NO2. The summed E-state index contributed by atoms with van der Waals surface area (Å²) in [4.78, 5) is 13.9. The second kappa shape index (κ2) is 4.40. The van der Waals surface area contributed by atoms with Crippen LogP contribution in [0.2, 0.25) is 0 Å². The third-order valence-electron chi connectivity index (χ3n) is 2.54. The van der Waals surface area contributed by atoms with Gasteiger partial charge in [-0.3, -0.25) is 4.90 Å². The summed E-state index contributed by atoms with van der Waals surface area (Å²) >= 11 is 0. The van der Waals surface area contributed by atoms with Crippen LogP contribution in [0.25, 0.3) is 0 Å². The molecule has 3 heteroatoms. The highest BCUT2D eigenvalue weighted by atomic mass is 16.6. The number of nitrogens with zero attached hydrogens (tertiary/aromatic N) is 1. The zero-order chi connectivity index (χ0) is 12.5. The smallest absolute Gasteiger partial charge is 0.415 e. The third-order valence-corrected chi connectivity index (χ3v) is 2.54. The average molecular weight is 233 g/mol. The average Bonchev–Trinajstić information content (AvgIpc) is 3.01. The molecule has 0 bridgehead atoms. The minimum atomic E-state index is -0.445. The van der Waals surface area contributed by atoms with Crippen LogP contribution in [0, 0.1) is 0 Å². The maximum absolute atomic E-state index is 12.1. The molecule has 1 aromatic carbocycles. The van der Waals surface area contributed by atoms with E-state index < -0.39 is 5.60 Å². The molecule has 0 heterocycles. The van der Waals surface area contributed by atoms with Crippen LogP contribution in [-0.2, 0) is 4.74 Å². The fourth-order valence-corrected chi connectivity index (χ4v) is 1.70. The first-order valence-electron chi connectivity index (χ1n) is 6.04. The Morgan fingerprint density at radius 1 is 1.24 bits per heavy atom.